The fraction of sp³-hybridized carbons (Fsp3) is 0.409. The number of hydrogen-bond acceptors (Lipinski definition) is 11. The lowest BCUT2D eigenvalue weighted by atomic mass is 10.4. The molecule has 35 heavy (non-hydrogen) atoms. The number of hydrogen-bond donors (Lipinski definition) is 2. The van der Waals surface area contributed by atoms with Gasteiger partial charge in [0.25, 0.3) is 0 Å². The maximum atomic E-state index is 11.1. The zero-order chi connectivity index (χ0) is 25.6. The molecule has 0 aromatic carbocycles. The van der Waals surface area contributed by atoms with E-state index in [9.17, 15) is 9.59 Å². The number of ether oxygens (including phenoxy) is 4. The first-order chi connectivity index (χ1) is 15.5. The van der Waals surface area contributed by atoms with Gasteiger partial charge in [0.2, 0.25) is 11.8 Å². The number of nitrogen functional groups attached to an aromatic ring is 2. The van der Waals surface area contributed by atoms with Crippen molar-refractivity contribution in [1.29, 1.82) is 5.26 Å². The quantitative estimate of drug-likeness (QED) is 0.505. The maximum Gasteiger partial charge on any atom is 0.346 e. The summed E-state index contributed by atoms with van der Waals surface area (Å²) in [6.07, 6.45) is 1.29. The summed E-state index contributed by atoms with van der Waals surface area (Å²) in [5, 5.41) is 7.62. The van der Waals surface area contributed by atoms with Gasteiger partial charge in [0.15, 0.2) is 12.2 Å². The number of aromatic nitrogens is 2. The van der Waals surface area contributed by atoms with Crippen LogP contribution in [-0.4, -0.2) is 48.3 Å². The number of halogens is 2. The van der Waals surface area contributed by atoms with Crippen LogP contribution in [-0.2, 0) is 19.1 Å². The predicted octanol–water partition coefficient (Wildman–Crippen LogP) is 4.32. The van der Waals surface area contributed by atoms with Gasteiger partial charge < -0.3 is 30.4 Å². The molecule has 0 amide bonds. The average molecular weight is 534 g/mol. The molecule has 13 heteroatoms. The Labute approximate surface area is 216 Å². The summed E-state index contributed by atoms with van der Waals surface area (Å²) in [6, 6.07) is 4.93. The smallest absolute Gasteiger partial charge is 0.346 e. The molecule has 2 rings (SSSR count). The van der Waals surface area contributed by atoms with E-state index in [0.717, 1.165) is 0 Å². The lowest BCUT2D eigenvalue weighted by Crippen LogP contribution is -2.25. The Morgan fingerprint density at radius 3 is 1.97 bits per heavy atom. The third-order valence-corrected chi connectivity index (χ3v) is 4.05. The number of rotatable bonds is 6. The van der Waals surface area contributed by atoms with Crippen molar-refractivity contribution >= 4 is 46.5 Å². The van der Waals surface area contributed by atoms with Crippen LogP contribution in [0.15, 0.2) is 24.5 Å². The number of carbonyl (C=O) groups is 2. The fourth-order valence-electron chi connectivity index (χ4n) is 1.81. The summed E-state index contributed by atoms with van der Waals surface area (Å²) < 4.78 is 19.3. The SMILES string of the molecule is C.C.CC#N.COC(=O)[C@@H](C)Oc1cc(N)ccn1.COC(=O)[C@@H](C)Oc1ncc(Cl)c(N)c1Cl. The molecule has 0 spiro atoms. The molecule has 0 saturated carbocycles. The second kappa shape index (κ2) is 18.9. The van der Waals surface area contributed by atoms with Crippen molar-refractivity contribution in [3.8, 4) is 17.8 Å². The number of methoxy groups -OCH3 is 2. The molecule has 11 nitrogen and oxygen atoms in total. The molecule has 0 aliphatic rings. The van der Waals surface area contributed by atoms with Crippen LogP contribution in [0.5, 0.6) is 11.8 Å². The number of nitriles is 1. The summed E-state index contributed by atoms with van der Waals surface area (Å²) >= 11 is 11.5. The van der Waals surface area contributed by atoms with Crippen molar-refractivity contribution in [3.05, 3.63) is 34.6 Å². The topological polar surface area (TPSA) is 173 Å². The minimum absolute atomic E-state index is 0. The van der Waals surface area contributed by atoms with Gasteiger partial charge in [-0.1, -0.05) is 38.1 Å². The summed E-state index contributed by atoms with van der Waals surface area (Å²) in [5.74, 6) is -0.634. The van der Waals surface area contributed by atoms with E-state index in [1.807, 2.05) is 0 Å². The third kappa shape index (κ3) is 13.1. The van der Waals surface area contributed by atoms with Crippen molar-refractivity contribution in [2.45, 2.75) is 47.8 Å². The summed E-state index contributed by atoms with van der Waals surface area (Å²) in [5.41, 5.74) is 11.8. The van der Waals surface area contributed by atoms with E-state index in [1.54, 1.807) is 25.1 Å². The monoisotopic (exact) mass is 533 g/mol. The lowest BCUT2D eigenvalue weighted by Gasteiger charge is -2.13. The van der Waals surface area contributed by atoms with Crippen LogP contribution in [0, 0.1) is 11.3 Å². The van der Waals surface area contributed by atoms with Crippen molar-refractivity contribution in [2.75, 3.05) is 25.7 Å². The Morgan fingerprint density at radius 1 is 1.03 bits per heavy atom. The van der Waals surface area contributed by atoms with Crippen LogP contribution in [0.3, 0.4) is 0 Å². The van der Waals surface area contributed by atoms with Crippen LogP contribution >= 0.6 is 23.2 Å². The minimum atomic E-state index is -0.824. The largest absolute Gasteiger partial charge is 0.466 e. The first kappa shape index (κ1) is 36.1. The van der Waals surface area contributed by atoms with E-state index in [0.29, 0.717) is 11.6 Å². The molecule has 4 N–H and O–H groups in total. The molecular weight excluding hydrogens is 501 g/mol. The van der Waals surface area contributed by atoms with E-state index in [-0.39, 0.29) is 36.5 Å². The average Bonchev–Trinajstić information content (AvgIpc) is 2.79. The zero-order valence-electron chi connectivity index (χ0n) is 18.7. The number of esters is 2. The van der Waals surface area contributed by atoms with Crippen molar-refractivity contribution in [3.63, 3.8) is 0 Å². The van der Waals surface area contributed by atoms with Gasteiger partial charge in [0, 0.05) is 24.9 Å². The molecule has 2 heterocycles. The van der Waals surface area contributed by atoms with E-state index in [2.05, 4.69) is 19.4 Å². The summed E-state index contributed by atoms with van der Waals surface area (Å²) in [6.45, 7) is 4.52. The van der Waals surface area contributed by atoms with E-state index >= 15 is 0 Å². The van der Waals surface area contributed by atoms with Crippen LogP contribution in [0.25, 0.3) is 0 Å². The minimum Gasteiger partial charge on any atom is -0.466 e. The van der Waals surface area contributed by atoms with E-state index in [1.165, 1.54) is 40.5 Å². The highest BCUT2D eigenvalue weighted by atomic mass is 35.5. The standard InChI is InChI=1S/C9H10Cl2N2O3.C9H12N2O3.C2H3N.2CH4/c1-4(9(14)15-2)16-8-6(11)7(12)5(10)3-13-8;1-6(9(12)13-2)14-8-5-7(10)3-4-11-8;1-2-3;;/h3-4H,1-2H3,(H2,12,13);3-6H,1-2H3,(H2,10,11);1H3;2*1H4/t4-;6-;;;/m11.../s1. The van der Waals surface area contributed by atoms with Crippen molar-refractivity contribution in [2.24, 2.45) is 0 Å². The Kier molecular flexibility index (Phi) is 19.5. The Hall–Kier alpha value is -3.49. The number of pyridine rings is 2. The van der Waals surface area contributed by atoms with Crippen molar-refractivity contribution in [1.82, 2.24) is 9.97 Å². The molecule has 0 aliphatic carbocycles. The van der Waals surface area contributed by atoms with Gasteiger partial charge in [0.1, 0.15) is 5.02 Å². The van der Waals surface area contributed by atoms with Crippen LogP contribution in [0.4, 0.5) is 11.4 Å². The van der Waals surface area contributed by atoms with Crippen LogP contribution < -0.4 is 20.9 Å². The van der Waals surface area contributed by atoms with Crippen LogP contribution in [0.2, 0.25) is 10.0 Å². The van der Waals surface area contributed by atoms with Crippen LogP contribution in [0.1, 0.15) is 35.6 Å². The number of nitrogens with two attached hydrogens (primary N) is 2. The highest BCUT2D eigenvalue weighted by Gasteiger charge is 2.19. The molecular formula is C22H33Cl2N5O6. The molecule has 0 saturated heterocycles. The normalized spacial score (nSPS) is 10.5. The molecule has 0 radical (unpaired) electrons. The second-order valence-electron chi connectivity index (χ2n) is 5.86. The Balaban J connectivity index is -0.000000503. The predicted molar refractivity (Wildman–Crippen MR) is 136 cm³/mol. The molecule has 0 aliphatic heterocycles. The number of carbonyl (C=O) groups excluding carboxylic acids is 2. The van der Waals surface area contributed by atoms with Gasteiger partial charge in [-0.3, -0.25) is 0 Å². The molecule has 2 atom stereocenters. The van der Waals surface area contributed by atoms with Crippen molar-refractivity contribution < 1.29 is 28.5 Å². The Bertz CT molecular complexity index is 972. The van der Waals surface area contributed by atoms with Gasteiger partial charge in [-0.05, 0) is 19.9 Å². The van der Waals surface area contributed by atoms with Gasteiger partial charge in [-0.25, -0.2) is 19.6 Å². The first-order valence-electron chi connectivity index (χ1n) is 9.13. The first-order valence-corrected chi connectivity index (χ1v) is 9.88. The molecule has 0 unspecified atom stereocenters. The third-order valence-electron chi connectivity index (χ3n) is 3.39. The number of nitrogens with zero attached hydrogens (tertiary/aromatic N) is 3. The lowest BCUT2D eigenvalue weighted by molar-refractivity contribution is -0.148. The van der Waals surface area contributed by atoms with Gasteiger partial charge >= 0.3 is 11.9 Å². The van der Waals surface area contributed by atoms with Gasteiger partial charge in [0.05, 0.1) is 37.2 Å². The molecule has 0 fully saturated rings. The summed E-state index contributed by atoms with van der Waals surface area (Å²) in [4.78, 5) is 29.8. The molecule has 2 aromatic rings. The number of anilines is 2. The fourth-order valence-corrected chi connectivity index (χ4v) is 2.20. The maximum absolute atomic E-state index is 11.1. The molecule has 0 bridgehead atoms. The zero-order valence-corrected chi connectivity index (χ0v) is 20.2. The highest BCUT2D eigenvalue weighted by Crippen LogP contribution is 2.33. The highest BCUT2D eigenvalue weighted by molar-refractivity contribution is 6.39. The van der Waals surface area contributed by atoms with E-state index < -0.39 is 24.1 Å². The van der Waals surface area contributed by atoms with E-state index in [4.69, 9.17) is 49.4 Å². The van der Waals surface area contributed by atoms with Gasteiger partial charge in [-0.2, -0.15) is 5.26 Å². The molecule has 2 aromatic heterocycles. The Morgan fingerprint density at radius 2 is 1.51 bits per heavy atom. The van der Waals surface area contributed by atoms with Gasteiger partial charge in [-0.15, -0.1) is 0 Å². The molecule has 196 valence electrons. The second-order valence-corrected chi connectivity index (χ2v) is 6.64. The summed E-state index contributed by atoms with van der Waals surface area (Å²) in [7, 11) is 2.56.